The molecule has 10 heteroatoms. The fourth-order valence-electron chi connectivity index (χ4n) is 2.95. The van der Waals surface area contributed by atoms with Gasteiger partial charge in [0.2, 0.25) is 15.9 Å². The number of nitrogens with one attached hydrogen (secondary N) is 2. The van der Waals surface area contributed by atoms with E-state index in [1.807, 2.05) is 6.92 Å². The Morgan fingerprint density at radius 2 is 1.97 bits per heavy atom. The quantitative estimate of drug-likeness (QED) is 0.690. The molecule has 1 aliphatic heterocycles. The number of likely N-dealkylation sites (N-methyl/N-ethyl adjacent to an activating group) is 1. The van der Waals surface area contributed by atoms with Gasteiger partial charge in [-0.1, -0.05) is 0 Å². The van der Waals surface area contributed by atoms with Crippen molar-refractivity contribution in [1.29, 1.82) is 0 Å². The van der Waals surface area contributed by atoms with Crippen molar-refractivity contribution in [2.24, 2.45) is 0 Å². The van der Waals surface area contributed by atoms with Gasteiger partial charge in [0.25, 0.3) is 5.91 Å². The predicted octanol–water partition coefficient (Wildman–Crippen LogP) is 1.98. The smallest absolute Gasteiger partial charge is 0.262 e. The van der Waals surface area contributed by atoms with Crippen LogP contribution in [0.3, 0.4) is 0 Å². The van der Waals surface area contributed by atoms with Crippen LogP contribution < -0.4 is 20.1 Å². The highest BCUT2D eigenvalue weighted by Gasteiger charge is 2.28. The highest BCUT2D eigenvalue weighted by Crippen LogP contribution is 2.33. The molecule has 30 heavy (non-hydrogen) atoms. The number of nitrogens with zero attached hydrogens (tertiary/aromatic N) is 1. The summed E-state index contributed by atoms with van der Waals surface area (Å²) in [6.45, 7) is 3.47. The van der Waals surface area contributed by atoms with Gasteiger partial charge in [-0.2, -0.15) is 4.31 Å². The summed E-state index contributed by atoms with van der Waals surface area (Å²) in [6, 6.07) is 9.68. The molecule has 0 radical (unpaired) electrons. The van der Waals surface area contributed by atoms with Crippen LogP contribution in [0, 0.1) is 6.92 Å². The number of fused-ring (bicyclic) bond motifs is 1. The lowest BCUT2D eigenvalue weighted by atomic mass is 10.2. The van der Waals surface area contributed by atoms with E-state index >= 15 is 0 Å². The highest BCUT2D eigenvalue weighted by molar-refractivity contribution is 7.89. The van der Waals surface area contributed by atoms with E-state index in [1.54, 1.807) is 31.2 Å². The summed E-state index contributed by atoms with van der Waals surface area (Å²) in [7, 11) is -2.63. The number of carbonyl (C=O) groups is 2. The van der Waals surface area contributed by atoms with Crippen molar-refractivity contribution in [2.75, 3.05) is 37.4 Å². The monoisotopic (exact) mass is 433 g/mol. The van der Waals surface area contributed by atoms with Crippen LogP contribution in [-0.4, -0.2) is 51.3 Å². The number of aryl methyl sites for hydroxylation is 1. The van der Waals surface area contributed by atoms with Crippen molar-refractivity contribution in [1.82, 2.24) is 4.31 Å². The second-order valence-electron chi connectivity index (χ2n) is 6.72. The minimum absolute atomic E-state index is 0.00812. The SMILES string of the molecule is CCOc1ccc(NC(=O)CN(C)S(=O)(=O)c2cc3c(cc2C)NC(=O)CO3)cc1. The lowest BCUT2D eigenvalue weighted by molar-refractivity contribution is -0.118. The maximum atomic E-state index is 13.0. The normalized spacial score (nSPS) is 13.3. The van der Waals surface area contributed by atoms with Crippen molar-refractivity contribution < 1.29 is 27.5 Å². The van der Waals surface area contributed by atoms with Crippen molar-refractivity contribution in [3.63, 3.8) is 0 Å². The lowest BCUT2D eigenvalue weighted by Crippen LogP contribution is -2.35. The van der Waals surface area contributed by atoms with Gasteiger partial charge in [0.1, 0.15) is 11.5 Å². The van der Waals surface area contributed by atoms with Crippen LogP contribution in [0.2, 0.25) is 0 Å². The van der Waals surface area contributed by atoms with Gasteiger partial charge in [-0.25, -0.2) is 8.42 Å². The molecule has 0 spiro atoms. The first-order chi connectivity index (χ1) is 14.2. The van der Waals surface area contributed by atoms with E-state index in [1.165, 1.54) is 19.2 Å². The zero-order valence-electron chi connectivity index (χ0n) is 16.9. The first-order valence-electron chi connectivity index (χ1n) is 9.27. The number of rotatable bonds is 7. The number of anilines is 2. The van der Waals surface area contributed by atoms with Crippen LogP contribution in [0.1, 0.15) is 12.5 Å². The third kappa shape index (κ3) is 4.71. The Balaban J connectivity index is 1.72. The molecule has 2 N–H and O–H groups in total. The average molecular weight is 433 g/mol. The zero-order valence-corrected chi connectivity index (χ0v) is 17.7. The van der Waals surface area contributed by atoms with E-state index in [0.717, 1.165) is 4.31 Å². The largest absolute Gasteiger partial charge is 0.494 e. The topological polar surface area (TPSA) is 114 Å². The molecule has 0 fully saturated rings. The maximum Gasteiger partial charge on any atom is 0.262 e. The first-order valence-corrected chi connectivity index (χ1v) is 10.7. The van der Waals surface area contributed by atoms with E-state index in [2.05, 4.69) is 10.6 Å². The van der Waals surface area contributed by atoms with Gasteiger partial charge in [0.05, 0.1) is 23.7 Å². The van der Waals surface area contributed by atoms with E-state index < -0.39 is 15.9 Å². The second kappa shape index (κ2) is 8.72. The van der Waals surface area contributed by atoms with Crippen LogP contribution in [0.15, 0.2) is 41.3 Å². The van der Waals surface area contributed by atoms with Gasteiger partial charge in [-0.05, 0) is 49.7 Å². The molecule has 0 aliphatic carbocycles. The third-order valence-corrected chi connectivity index (χ3v) is 6.36. The summed E-state index contributed by atoms with van der Waals surface area (Å²) in [5.41, 5.74) is 1.38. The van der Waals surface area contributed by atoms with E-state index in [0.29, 0.717) is 29.3 Å². The molecule has 3 rings (SSSR count). The minimum Gasteiger partial charge on any atom is -0.494 e. The zero-order chi connectivity index (χ0) is 21.9. The average Bonchev–Trinajstić information content (AvgIpc) is 2.68. The lowest BCUT2D eigenvalue weighted by Gasteiger charge is -2.22. The Kier molecular flexibility index (Phi) is 6.28. The maximum absolute atomic E-state index is 13.0. The number of amides is 2. The molecule has 2 aromatic rings. The number of carbonyl (C=O) groups excluding carboxylic acids is 2. The van der Waals surface area contributed by atoms with Gasteiger partial charge in [-0.3, -0.25) is 9.59 Å². The third-order valence-electron chi connectivity index (χ3n) is 4.41. The van der Waals surface area contributed by atoms with Crippen molar-refractivity contribution in [3.05, 3.63) is 42.0 Å². The molecule has 2 amide bonds. The molecule has 1 heterocycles. The van der Waals surface area contributed by atoms with Crippen LogP contribution in [0.4, 0.5) is 11.4 Å². The molecule has 1 aliphatic rings. The summed E-state index contributed by atoms with van der Waals surface area (Å²) in [5.74, 6) is 0.160. The molecule has 9 nitrogen and oxygen atoms in total. The standard InChI is InChI=1S/C20H23N3O6S/c1-4-28-15-7-5-14(6-8-15)21-19(24)11-23(3)30(26,27)18-10-17-16(9-13(18)2)22-20(25)12-29-17/h5-10H,4,11-12H2,1-3H3,(H,21,24)(H,22,25). The molecule has 2 aromatic carbocycles. The van der Waals surface area contributed by atoms with E-state index in [-0.39, 0.29) is 29.7 Å². The Labute approximate surface area is 175 Å². The Morgan fingerprint density at radius 1 is 1.27 bits per heavy atom. The van der Waals surface area contributed by atoms with Crippen LogP contribution in [-0.2, 0) is 19.6 Å². The Morgan fingerprint density at radius 3 is 2.63 bits per heavy atom. The molecule has 160 valence electrons. The van der Waals surface area contributed by atoms with Gasteiger partial charge < -0.3 is 20.1 Å². The van der Waals surface area contributed by atoms with E-state index in [4.69, 9.17) is 9.47 Å². The molecule has 0 bridgehead atoms. The summed E-state index contributed by atoms with van der Waals surface area (Å²) >= 11 is 0. The fraction of sp³-hybridized carbons (Fsp3) is 0.300. The summed E-state index contributed by atoms with van der Waals surface area (Å²) in [4.78, 5) is 23.8. The van der Waals surface area contributed by atoms with Crippen molar-refractivity contribution in [3.8, 4) is 11.5 Å². The number of ether oxygens (including phenoxy) is 2. The summed E-state index contributed by atoms with van der Waals surface area (Å²) < 4.78 is 37.6. The van der Waals surface area contributed by atoms with Gasteiger partial charge >= 0.3 is 0 Å². The van der Waals surface area contributed by atoms with Gasteiger partial charge in [0.15, 0.2) is 6.61 Å². The molecule has 0 aromatic heterocycles. The second-order valence-corrected chi connectivity index (χ2v) is 8.73. The van der Waals surface area contributed by atoms with Gasteiger partial charge in [0, 0.05) is 18.8 Å². The minimum atomic E-state index is -3.96. The van der Waals surface area contributed by atoms with Crippen molar-refractivity contribution in [2.45, 2.75) is 18.7 Å². The number of hydrogen-bond donors (Lipinski definition) is 2. The van der Waals surface area contributed by atoms with Crippen LogP contribution >= 0.6 is 0 Å². The molecule has 0 atom stereocenters. The first kappa shape index (κ1) is 21.6. The fourth-order valence-corrected chi connectivity index (χ4v) is 4.30. The number of benzene rings is 2. The van der Waals surface area contributed by atoms with Crippen LogP contribution in [0.5, 0.6) is 11.5 Å². The summed E-state index contributed by atoms with van der Waals surface area (Å²) in [6.07, 6.45) is 0. The molecular formula is C20H23N3O6S. The number of sulfonamides is 1. The molecule has 0 saturated carbocycles. The Bertz CT molecular complexity index is 1070. The van der Waals surface area contributed by atoms with Crippen molar-refractivity contribution >= 4 is 33.2 Å². The van der Waals surface area contributed by atoms with E-state index in [9.17, 15) is 18.0 Å². The molecule has 0 unspecified atom stereocenters. The highest BCUT2D eigenvalue weighted by atomic mass is 32.2. The predicted molar refractivity (Wildman–Crippen MR) is 111 cm³/mol. The molecular weight excluding hydrogens is 410 g/mol. The Hall–Kier alpha value is -3.11. The number of hydrogen-bond acceptors (Lipinski definition) is 6. The molecule has 0 saturated heterocycles. The summed E-state index contributed by atoms with van der Waals surface area (Å²) in [5, 5.41) is 5.30. The van der Waals surface area contributed by atoms with Crippen LogP contribution in [0.25, 0.3) is 0 Å². The van der Waals surface area contributed by atoms with Gasteiger partial charge in [-0.15, -0.1) is 0 Å².